The summed E-state index contributed by atoms with van der Waals surface area (Å²) in [5.41, 5.74) is 4.87. The lowest BCUT2D eigenvalue weighted by molar-refractivity contribution is -0.117. The molecule has 1 aliphatic heterocycles. The highest BCUT2D eigenvalue weighted by molar-refractivity contribution is 7.80. The molecule has 0 spiro atoms. The molecule has 0 saturated carbocycles. The van der Waals surface area contributed by atoms with Crippen molar-refractivity contribution in [2.24, 2.45) is 0 Å². The number of nitrogens with zero attached hydrogens (tertiary/aromatic N) is 3. The number of thiocarbonyl (C=S) groups is 1. The number of aryl methyl sites for hydroxylation is 2. The Labute approximate surface area is 180 Å². The highest BCUT2D eigenvalue weighted by atomic mass is 32.1. The van der Waals surface area contributed by atoms with Gasteiger partial charge in [0.1, 0.15) is 0 Å². The molecule has 0 radical (unpaired) electrons. The Hall–Kier alpha value is -3.26. The lowest BCUT2D eigenvalue weighted by Crippen LogP contribution is -2.28. The Morgan fingerprint density at radius 1 is 1.20 bits per heavy atom. The first-order chi connectivity index (χ1) is 14.5. The topological polar surface area (TPSA) is 83.3 Å². The van der Waals surface area contributed by atoms with E-state index in [1.54, 1.807) is 0 Å². The highest BCUT2D eigenvalue weighted by Gasteiger charge is 2.23. The van der Waals surface area contributed by atoms with Crippen molar-refractivity contribution in [3.63, 3.8) is 0 Å². The molecule has 1 aromatic heterocycles. The van der Waals surface area contributed by atoms with Crippen LogP contribution in [0.4, 0.5) is 11.4 Å². The molecule has 1 saturated heterocycles. The number of rotatable bonds is 5. The van der Waals surface area contributed by atoms with Crippen LogP contribution in [0, 0.1) is 13.8 Å². The second-order valence-corrected chi connectivity index (χ2v) is 7.69. The summed E-state index contributed by atoms with van der Waals surface area (Å²) in [7, 11) is 0. The fourth-order valence-corrected chi connectivity index (χ4v) is 3.72. The summed E-state index contributed by atoms with van der Waals surface area (Å²) < 4.78 is 5.33. The summed E-state index contributed by atoms with van der Waals surface area (Å²) in [5, 5.41) is 10.7. The molecule has 30 heavy (non-hydrogen) atoms. The van der Waals surface area contributed by atoms with Gasteiger partial charge in [-0.05, 0) is 61.8 Å². The van der Waals surface area contributed by atoms with Gasteiger partial charge in [0.2, 0.25) is 17.6 Å². The van der Waals surface area contributed by atoms with Crippen LogP contribution in [0.3, 0.4) is 0 Å². The van der Waals surface area contributed by atoms with Crippen LogP contribution in [0.1, 0.15) is 29.9 Å². The standard InChI is InChI=1S/C22H23N5O2S/c1-14-6-3-4-7-17(14)21-25-19(29-26-21)13-23-22(30)24-16-9-10-18(15(2)12-16)27-11-5-8-20(27)28/h3-4,6-7,9-10,12H,5,8,11,13H2,1-2H3,(H2,23,24,30). The average Bonchev–Trinajstić information content (AvgIpc) is 3.36. The van der Waals surface area contributed by atoms with E-state index in [9.17, 15) is 4.79 Å². The number of amides is 1. The number of hydrogen-bond donors (Lipinski definition) is 2. The Morgan fingerprint density at radius 3 is 2.77 bits per heavy atom. The van der Waals surface area contributed by atoms with E-state index in [1.807, 2.05) is 61.2 Å². The van der Waals surface area contributed by atoms with Gasteiger partial charge >= 0.3 is 0 Å². The Morgan fingerprint density at radius 2 is 2.03 bits per heavy atom. The van der Waals surface area contributed by atoms with Crippen molar-refractivity contribution in [2.75, 3.05) is 16.8 Å². The van der Waals surface area contributed by atoms with Gasteiger partial charge < -0.3 is 20.1 Å². The number of hydrogen-bond acceptors (Lipinski definition) is 5. The molecule has 0 atom stereocenters. The molecule has 154 valence electrons. The van der Waals surface area contributed by atoms with Crippen molar-refractivity contribution >= 4 is 34.6 Å². The zero-order chi connectivity index (χ0) is 21.1. The smallest absolute Gasteiger partial charge is 0.246 e. The molecule has 2 N–H and O–H groups in total. The molecule has 1 aliphatic rings. The predicted octanol–water partition coefficient (Wildman–Crippen LogP) is 3.97. The number of nitrogens with one attached hydrogen (secondary N) is 2. The second kappa shape index (κ2) is 8.62. The molecular weight excluding hydrogens is 398 g/mol. The monoisotopic (exact) mass is 421 g/mol. The number of aromatic nitrogens is 2. The first-order valence-electron chi connectivity index (χ1n) is 9.86. The summed E-state index contributed by atoms with van der Waals surface area (Å²) in [5.74, 6) is 1.20. The van der Waals surface area contributed by atoms with Crippen molar-refractivity contribution in [1.29, 1.82) is 0 Å². The first kappa shape index (κ1) is 20.0. The summed E-state index contributed by atoms with van der Waals surface area (Å²) in [4.78, 5) is 18.3. The molecule has 2 heterocycles. The molecule has 0 aliphatic carbocycles. The Kier molecular flexibility index (Phi) is 5.76. The molecule has 1 fully saturated rings. The summed E-state index contributed by atoms with van der Waals surface area (Å²) in [6, 6.07) is 13.8. The van der Waals surface area contributed by atoms with Gasteiger partial charge in [0.15, 0.2) is 5.11 Å². The van der Waals surface area contributed by atoms with Gasteiger partial charge in [0.05, 0.1) is 6.54 Å². The molecule has 0 unspecified atom stereocenters. The van der Waals surface area contributed by atoms with Crippen molar-refractivity contribution in [2.45, 2.75) is 33.2 Å². The molecule has 1 amide bonds. The normalized spacial score (nSPS) is 13.5. The minimum Gasteiger partial charge on any atom is -0.353 e. The lowest BCUT2D eigenvalue weighted by Gasteiger charge is -2.19. The summed E-state index contributed by atoms with van der Waals surface area (Å²) >= 11 is 5.38. The van der Waals surface area contributed by atoms with Gasteiger partial charge in [-0.25, -0.2) is 0 Å². The highest BCUT2D eigenvalue weighted by Crippen LogP contribution is 2.27. The molecule has 7 nitrogen and oxygen atoms in total. The third-order valence-corrected chi connectivity index (χ3v) is 5.32. The van der Waals surface area contributed by atoms with Crippen LogP contribution < -0.4 is 15.5 Å². The van der Waals surface area contributed by atoms with Crippen LogP contribution in [-0.4, -0.2) is 27.7 Å². The maximum atomic E-state index is 12.0. The van der Waals surface area contributed by atoms with Gasteiger partial charge in [-0.3, -0.25) is 4.79 Å². The van der Waals surface area contributed by atoms with E-state index >= 15 is 0 Å². The SMILES string of the molecule is Cc1ccccc1-c1noc(CNC(=S)Nc2ccc(N3CCCC3=O)c(C)c2)n1. The van der Waals surface area contributed by atoms with E-state index in [0.717, 1.165) is 41.0 Å². The van der Waals surface area contributed by atoms with E-state index in [4.69, 9.17) is 16.7 Å². The van der Waals surface area contributed by atoms with Crippen molar-refractivity contribution in [1.82, 2.24) is 15.5 Å². The lowest BCUT2D eigenvalue weighted by atomic mass is 10.1. The van der Waals surface area contributed by atoms with Gasteiger partial charge in [-0.1, -0.05) is 29.4 Å². The molecular formula is C22H23N5O2S. The number of anilines is 2. The van der Waals surface area contributed by atoms with Crippen LogP contribution in [0.15, 0.2) is 47.0 Å². The van der Waals surface area contributed by atoms with E-state index in [-0.39, 0.29) is 5.91 Å². The molecule has 3 aromatic rings. The third-order valence-electron chi connectivity index (χ3n) is 5.07. The maximum Gasteiger partial charge on any atom is 0.246 e. The Balaban J connectivity index is 1.35. The maximum absolute atomic E-state index is 12.0. The van der Waals surface area contributed by atoms with Crippen LogP contribution in [0.25, 0.3) is 11.4 Å². The second-order valence-electron chi connectivity index (χ2n) is 7.28. The van der Waals surface area contributed by atoms with Crippen LogP contribution in [0.2, 0.25) is 0 Å². The zero-order valence-corrected chi connectivity index (χ0v) is 17.8. The van der Waals surface area contributed by atoms with E-state index in [0.29, 0.717) is 29.8 Å². The molecule has 8 heteroatoms. The number of benzene rings is 2. The zero-order valence-electron chi connectivity index (χ0n) is 16.9. The van der Waals surface area contributed by atoms with Gasteiger partial charge in [-0.2, -0.15) is 4.98 Å². The quantitative estimate of drug-likeness (QED) is 0.603. The minimum absolute atomic E-state index is 0.181. The third kappa shape index (κ3) is 4.33. The largest absolute Gasteiger partial charge is 0.353 e. The van der Waals surface area contributed by atoms with Gasteiger partial charge in [0, 0.05) is 29.9 Å². The van der Waals surface area contributed by atoms with Crippen LogP contribution in [-0.2, 0) is 11.3 Å². The van der Waals surface area contributed by atoms with E-state index < -0.39 is 0 Å². The average molecular weight is 422 g/mol. The van der Waals surface area contributed by atoms with Gasteiger partial charge in [0.25, 0.3) is 0 Å². The first-order valence-corrected chi connectivity index (χ1v) is 10.3. The Bertz CT molecular complexity index is 1090. The van der Waals surface area contributed by atoms with E-state index in [1.165, 1.54) is 0 Å². The fraction of sp³-hybridized carbons (Fsp3) is 0.273. The number of carbonyl (C=O) groups is 1. The van der Waals surface area contributed by atoms with Crippen molar-refractivity contribution < 1.29 is 9.32 Å². The summed E-state index contributed by atoms with van der Waals surface area (Å²) in [6.45, 7) is 5.11. The van der Waals surface area contributed by atoms with Crippen LogP contribution in [0.5, 0.6) is 0 Å². The minimum atomic E-state index is 0.181. The predicted molar refractivity (Wildman–Crippen MR) is 120 cm³/mol. The molecule has 2 aromatic carbocycles. The molecule has 4 rings (SSSR count). The molecule has 0 bridgehead atoms. The van der Waals surface area contributed by atoms with Crippen LogP contribution >= 0.6 is 12.2 Å². The fourth-order valence-electron chi connectivity index (χ4n) is 3.53. The van der Waals surface area contributed by atoms with Crippen molar-refractivity contribution in [3.8, 4) is 11.4 Å². The summed E-state index contributed by atoms with van der Waals surface area (Å²) in [6.07, 6.45) is 1.53. The number of carbonyl (C=O) groups excluding carboxylic acids is 1. The van der Waals surface area contributed by atoms with Crippen molar-refractivity contribution in [3.05, 3.63) is 59.5 Å². The van der Waals surface area contributed by atoms with Gasteiger partial charge in [-0.15, -0.1) is 0 Å². The van der Waals surface area contributed by atoms with E-state index in [2.05, 4.69) is 20.8 Å².